The van der Waals surface area contributed by atoms with Gasteiger partial charge in [-0.2, -0.15) is 5.26 Å². The normalized spacial score (nSPS) is 22.0. The Morgan fingerprint density at radius 2 is 2.06 bits per heavy atom. The van der Waals surface area contributed by atoms with Gasteiger partial charge in [0.2, 0.25) is 0 Å². The molecule has 2 rings (SSSR count). The Morgan fingerprint density at radius 1 is 1.33 bits per heavy atom. The topological polar surface area (TPSA) is 27.0 Å². The van der Waals surface area contributed by atoms with Crippen LogP contribution in [-0.4, -0.2) is 24.0 Å². The smallest absolute Gasteiger partial charge is 0.0839 e. The van der Waals surface area contributed by atoms with Crippen molar-refractivity contribution in [2.45, 2.75) is 38.6 Å². The molecule has 1 aromatic carbocycles. The summed E-state index contributed by atoms with van der Waals surface area (Å²) >= 11 is 0. The number of hydrogen-bond acceptors (Lipinski definition) is 2. The molecule has 1 aromatic rings. The molecule has 1 aliphatic rings. The molecule has 0 bridgehead atoms. The molecular formula is C16H22N2. The van der Waals surface area contributed by atoms with Gasteiger partial charge in [-0.3, -0.25) is 4.90 Å². The molecule has 2 unspecified atom stereocenters. The zero-order chi connectivity index (χ0) is 13.0. The van der Waals surface area contributed by atoms with E-state index in [4.69, 9.17) is 0 Å². The van der Waals surface area contributed by atoms with Crippen molar-refractivity contribution in [1.29, 1.82) is 5.26 Å². The largest absolute Gasteiger partial charge is 0.298 e. The third-order valence-corrected chi connectivity index (χ3v) is 3.96. The van der Waals surface area contributed by atoms with Crippen molar-refractivity contribution in [1.82, 2.24) is 4.90 Å². The molecule has 2 heteroatoms. The van der Waals surface area contributed by atoms with Crippen LogP contribution in [0.3, 0.4) is 0 Å². The molecule has 1 heterocycles. The predicted octanol–water partition coefficient (Wildman–Crippen LogP) is 3.41. The third kappa shape index (κ3) is 2.91. The Balaban J connectivity index is 2.05. The van der Waals surface area contributed by atoms with E-state index in [1.807, 2.05) is 18.2 Å². The quantitative estimate of drug-likeness (QED) is 0.809. The van der Waals surface area contributed by atoms with E-state index in [0.717, 1.165) is 18.7 Å². The van der Waals surface area contributed by atoms with Gasteiger partial charge in [-0.25, -0.2) is 0 Å². The molecule has 0 saturated carbocycles. The summed E-state index contributed by atoms with van der Waals surface area (Å²) in [4.78, 5) is 2.51. The maximum absolute atomic E-state index is 9.39. The second-order valence-corrected chi connectivity index (χ2v) is 5.54. The lowest BCUT2D eigenvalue weighted by Crippen LogP contribution is -2.36. The van der Waals surface area contributed by atoms with E-state index >= 15 is 0 Å². The van der Waals surface area contributed by atoms with Crippen LogP contribution in [0.1, 0.15) is 38.2 Å². The van der Waals surface area contributed by atoms with Gasteiger partial charge in [-0.05, 0) is 30.9 Å². The first-order chi connectivity index (χ1) is 8.72. The summed E-state index contributed by atoms with van der Waals surface area (Å²) in [5.74, 6) is 0.688. The minimum atomic E-state index is 0.00514. The SMILES string of the molecule is CC(C)C1CCCN1CC(C#N)c1ccccc1. The van der Waals surface area contributed by atoms with Crippen molar-refractivity contribution >= 4 is 0 Å². The van der Waals surface area contributed by atoms with E-state index in [0.29, 0.717) is 12.0 Å². The van der Waals surface area contributed by atoms with E-state index in [-0.39, 0.29) is 5.92 Å². The van der Waals surface area contributed by atoms with Crippen LogP contribution in [0.25, 0.3) is 0 Å². The molecule has 2 atom stereocenters. The lowest BCUT2D eigenvalue weighted by atomic mass is 9.97. The molecule has 0 N–H and O–H groups in total. The van der Waals surface area contributed by atoms with Gasteiger partial charge in [0, 0.05) is 12.6 Å². The molecule has 96 valence electrons. The highest BCUT2D eigenvalue weighted by molar-refractivity contribution is 5.25. The third-order valence-electron chi connectivity index (χ3n) is 3.96. The molecule has 18 heavy (non-hydrogen) atoms. The molecule has 1 fully saturated rings. The molecule has 0 spiro atoms. The molecule has 0 aromatic heterocycles. The van der Waals surface area contributed by atoms with Crippen LogP contribution >= 0.6 is 0 Å². The number of nitrogens with zero attached hydrogens (tertiary/aromatic N) is 2. The van der Waals surface area contributed by atoms with Gasteiger partial charge < -0.3 is 0 Å². The predicted molar refractivity (Wildman–Crippen MR) is 74.2 cm³/mol. The first-order valence-corrected chi connectivity index (χ1v) is 6.91. The van der Waals surface area contributed by atoms with Crippen LogP contribution in [0.2, 0.25) is 0 Å². The van der Waals surface area contributed by atoms with Crippen LogP contribution in [0.15, 0.2) is 30.3 Å². The highest BCUT2D eigenvalue weighted by Crippen LogP contribution is 2.27. The van der Waals surface area contributed by atoms with Gasteiger partial charge in [-0.1, -0.05) is 44.2 Å². The van der Waals surface area contributed by atoms with Crippen LogP contribution in [-0.2, 0) is 0 Å². The Morgan fingerprint density at radius 3 is 2.67 bits per heavy atom. The first-order valence-electron chi connectivity index (χ1n) is 6.91. The van der Waals surface area contributed by atoms with Gasteiger partial charge in [0.1, 0.15) is 0 Å². The highest BCUT2D eigenvalue weighted by Gasteiger charge is 2.29. The highest BCUT2D eigenvalue weighted by atomic mass is 15.2. The number of benzene rings is 1. The summed E-state index contributed by atoms with van der Waals surface area (Å²) in [6.07, 6.45) is 2.56. The van der Waals surface area contributed by atoms with Gasteiger partial charge in [-0.15, -0.1) is 0 Å². The fourth-order valence-electron chi connectivity index (χ4n) is 2.97. The first kappa shape index (κ1) is 13.1. The maximum Gasteiger partial charge on any atom is 0.0839 e. The summed E-state index contributed by atoms with van der Waals surface area (Å²) in [5.41, 5.74) is 1.15. The van der Waals surface area contributed by atoms with Crippen LogP contribution in [0.4, 0.5) is 0 Å². The second kappa shape index (κ2) is 6.02. The Labute approximate surface area is 110 Å². The van der Waals surface area contributed by atoms with Gasteiger partial charge in [0.15, 0.2) is 0 Å². The average Bonchev–Trinajstić information content (AvgIpc) is 2.85. The summed E-state index contributed by atoms with van der Waals surface area (Å²) < 4.78 is 0. The Kier molecular flexibility index (Phi) is 4.38. The molecular weight excluding hydrogens is 220 g/mol. The van der Waals surface area contributed by atoms with Crippen molar-refractivity contribution in [3.8, 4) is 6.07 Å². The molecule has 1 aliphatic heterocycles. The van der Waals surface area contributed by atoms with Crippen molar-refractivity contribution in [2.24, 2.45) is 5.92 Å². The molecule has 1 saturated heterocycles. The van der Waals surface area contributed by atoms with Crippen LogP contribution in [0, 0.1) is 17.2 Å². The van der Waals surface area contributed by atoms with Crippen LogP contribution < -0.4 is 0 Å². The van der Waals surface area contributed by atoms with Crippen molar-refractivity contribution in [3.05, 3.63) is 35.9 Å². The van der Waals surface area contributed by atoms with E-state index in [1.165, 1.54) is 12.8 Å². The summed E-state index contributed by atoms with van der Waals surface area (Å²) in [7, 11) is 0. The van der Waals surface area contributed by atoms with Crippen molar-refractivity contribution in [3.63, 3.8) is 0 Å². The lowest BCUT2D eigenvalue weighted by molar-refractivity contribution is 0.203. The molecule has 2 nitrogen and oxygen atoms in total. The zero-order valence-corrected chi connectivity index (χ0v) is 11.3. The van der Waals surface area contributed by atoms with Gasteiger partial charge >= 0.3 is 0 Å². The number of hydrogen-bond donors (Lipinski definition) is 0. The molecule has 0 amide bonds. The van der Waals surface area contributed by atoms with Crippen LogP contribution in [0.5, 0.6) is 0 Å². The zero-order valence-electron chi connectivity index (χ0n) is 11.3. The summed E-state index contributed by atoms with van der Waals surface area (Å²) in [6, 6.07) is 13.3. The molecule has 0 radical (unpaired) electrons. The monoisotopic (exact) mass is 242 g/mol. The lowest BCUT2D eigenvalue weighted by Gasteiger charge is -2.29. The average molecular weight is 242 g/mol. The van der Waals surface area contributed by atoms with E-state index < -0.39 is 0 Å². The number of likely N-dealkylation sites (tertiary alicyclic amines) is 1. The second-order valence-electron chi connectivity index (χ2n) is 5.54. The van der Waals surface area contributed by atoms with E-state index in [9.17, 15) is 5.26 Å². The summed E-state index contributed by atoms with van der Waals surface area (Å²) in [6.45, 7) is 6.59. The summed E-state index contributed by atoms with van der Waals surface area (Å²) in [5, 5.41) is 9.39. The number of rotatable bonds is 4. The number of nitriles is 1. The Bertz CT molecular complexity index is 405. The van der Waals surface area contributed by atoms with E-state index in [1.54, 1.807) is 0 Å². The Hall–Kier alpha value is -1.33. The fourth-order valence-corrected chi connectivity index (χ4v) is 2.97. The van der Waals surface area contributed by atoms with Crippen molar-refractivity contribution in [2.75, 3.05) is 13.1 Å². The fraction of sp³-hybridized carbons (Fsp3) is 0.562. The minimum absolute atomic E-state index is 0.00514. The van der Waals surface area contributed by atoms with Crippen molar-refractivity contribution < 1.29 is 0 Å². The van der Waals surface area contributed by atoms with Gasteiger partial charge in [0.05, 0.1) is 12.0 Å². The standard InChI is InChI=1S/C16H22N2/c1-13(2)16-9-6-10-18(16)12-15(11-17)14-7-4-3-5-8-14/h3-5,7-8,13,15-16H,6,9-10,12H2,1-2H3. The maximum atomic E-state index is 9.39. The minimum Gasteiger partial charge on any atom is -0.298 e. The molecule has 0 aliphatic carbocycles. The van der Waals surface area contributed by atoms with Gasteiger partial charge in [0.25, 0.3) is 0 Å². The van der Waals surface area contributed by atoms with E-state index in [2.05, 4.69) is 36.9 Å².